The van der Waals surface area contributed by atoms with Crippen LogP contribution in [0.15, 0.2) is 60.0 Å². The molecule has 7 heteroatoms. The standard InChI is InChI=1S/C22H22N2O4S/c1-15(21(25)24(3)19-7-5-4-6-8-19)28-22(26)17-9-11-20(12-10-17)27-13-18-14-29-16(2)23-18/h4-12,14-15H,13H2,1-3H3. The van der Waals surface area contributed by atoms with Crippen LogP contribution in [-0.4, -0.2) is 30.0 Å². The van der Waals surface area contributed by atoms with E-state index in [0.29, 0.717) is 17.9 Å². The van der Waals surface area contributed by atoms with Gasteiger partial charge in [0.15, 0.2) is 6.10 Å². The van der Waals surface area contributed by atoms with E-state index in [2.05, 4.69) is 4.98 Å². The molecule has 29 heavy (non-hydrogen) atoms. The van der Waals surface area contributed by atoms with Crippen molar-refractivity contribution in [1.29, 1.82) is 0 Å². The molecule has 2 aromatic carbocycles. The van der Waals surface area contributed by atoms with Gasteiger partial charge >= 0.3 is 5.97 Å². The Morgan fingerprint density at radius 1 is 1.10 bits per heavy atom. The lowest BCUT2D eigenvalue weighted by Gasteiger charge is -2.21. The monoisotopic (exact) mass is 410 g/mol. The lowest BCUT2D eigenvalue weighted by Crippen LogP contribution is -2.37. The van der Waals surface area contributed by atoms with Gasteiger partial charge in [0, 0.05) is 18.1 Å². The molecule has 0 aliphatic rings. The number of aryl methyl sites for hydroxylation is 1. The van der Waals surface area contributed by atoms with Crippen molar-refractivity contribution in [3.05, 3.63) is 76.2 Å². The van der Waals surface area contributed by atoms with Gasteiger partial charge in [0.2, 0.25) is 0 Å². The molecule has 1 aromatic heterocycles. The Bertz CT molecular complexity index is 970. The molecule has 1 unspecified atom stereocenters. The smallest absolute Gasteiger partial charge is 0.338 e. The van der Waals surface area contributed by atoms with E-state index < -0.39 is 12.1 Å². The van der Waals surface area contributed by atoms with Gasteiger partial charge in [-0.1, -0.05) is 18.2 Å². The number of benzene rings is 2. The molecule has 0 radical (unpaired) electrons. The van der Waals surface area contributed by atoms with Gasteiger partial charge in [0.05, 0.1) is 16.3 Å². The maximum Gasteiger partial charge on any atom is 0.338 e. The lowest BCUT2D eigenvalue weighted by molar-refractivity contribution is -0.126. The summed E-state index contributed by atoms with van der Waals surface area (Å²) in [5, 5.41) is 2.94. The first-order chi connectivity index (χ1) is 13.9. The SMILES string of the molecule is Cc1nc(COc2ccc(C(=O)OC(C)C(=O)N(C)c3ccccc3)cc2)cs1. The number of aromatic nitrogens is 1. The predicted octanol–water partition coefficient (Wildman–Crippen LogP) is 4.24. The van der Waals surface area contributed by atoms with E-state index in [1.807, 2.05) is 42.6 Å². The van der Waals surface area contributed by atoms with Crippen molar-refractivity contribution in [1.82, 2.24) is 4.98 Å². The van der Waals surface area contributed by atoms with Gasteiger partial charge in [-0.05, 0) is 50.2 Å². The van der Waals surface area contributed by atoms with E-state index in [-0.39, 0.29) is 5.91 Å². The van der Waals surface area contributed by atoms with Crippen LogP contribution in [0.3, 0.4) is 0 Å². The molecule has 0 saturated carbocycles. The normalized spacial score (nSPS) is 11.6. The first-order valence-electron chi connectivity index (χ1n) is 9.11. The zero-order valence-electron chi connectivity index (χ0n) is 16.5. The van der Waals surface area contributed by atoms with Crippen LogP contribution in [0.4, 0.5) is 5.69 Å². The number of ether oxygens (including phenoxy) is 2. The molecule has 1 heterocycles. The predicted molar refractivity (Wildman–Crippen MR) is 112 cm³/mol. The zero-order valence-corrected chi connectivity index (χ0v) is 17.3. The quantitative estimate of drug-likeness (QED) is 0.545. The summed E-state index contributed by atoms with van der Waals surface area (Å²) in [7, 11) is 1.65. The Hall–Kier alpha value is -3.19. The van der Waals surface area contributed by atoms with Crippen molar-refractivity contribution in [2.24, 2.45) is 0 Å². The Morgan fingerprint density at radius 2 is 1.79 bits per heavy atom. The molecule has 0 bridgehead atoms. The van der Waals surface area contributed by atoms with Crippen molar-refractivity contribution in [2.45, 2.75) is 26.6 Å². The number of nitrogens with zero attached hydrogens (tertiary/aromatic N) is 2. The van der Waals surface area contributed by atoms with E-state index in [4.69, 9.17) is 9.47 Å². The fourth-order valence-corrected chi connectivity index (χ4v) is 3.25. The third kappa shape index (κ3) is 5.42. The molecule has 3 aromatic rings. The van der Waals surface area contributed by atoms with E-state index in [0.717, 1.165) is 16.4 Å². The molecule has 3 rings (SSSR count). The third-order valence-electron chi connectivity index (χ3n) is 4.25. The molecule has 0 N–H and O–H groups in total. The summed E-state index contributed by atoms with van der Waals surface area (Å²) in [5.74, 6) is -0.239. The fraction of sp³-hybridized carbons (Fsp3) is 0.227. The van der Waals surface area contributed by atoms with Gasteiger partial charge in [0.1, 0.15) is 12.4 Å². The molecule has 1 amide bonds. The molecule has 0 aliphatic heterocycles. The number of likely N-dealkylation sites (N-methyl/N-ethyl adjacent to an activating group) is 1. The Morgan fingerprint density at radius 3 is 2.41 bits per heavy atom. The summed E-state index contributed by atoms with van der Waals surface area (Å²) in [6, 6.07) is 15.8. The molecule has 0 fully saturated rings. The second kappa shape index (κ2) is 9.34. The number of amides is 1. The van der Waals surface area contributed by atoms with E-state index in [9.17, 15) is 9.59 Å². The topological polar surface area (TPSA) is 68.7 Å². The Labute approximate surface area is 173 Å². The van der Waals surface area contributed by atoms with Crippen LogP contribution in [0.25, 0.3) is 0 Å². The van der Waals surface area contributed by atoms with Crippen LogP contribution in [0, 0.1) is 6.92 Å². The zero-order chi connectivity index (χ0) is 20.8. The second-order valence-electron chi connectivity index (χ2n) is 6.45. The lowest BCUT2D eigenvalue weighted by atomic mass is 10.2. The highest BCUT2D eigenvalue weighted by Crippen LogP contribution is 2.17. The van der Waals surface area contributed by atoms with Gasteiger partial charge in [-0.3, -0.25) is 4.79 Å². The average molecular weight is 410 g/mol. The minimum atomic E-state index is -0.906. The first kappa shape index (κ1) is 20.5. The van der Waals surface area contributed by atoms with Crippen LogP contribution in [0.2, 0.25) is 0 Å². The largest absolute Gasteiger partial charge is 0.487 e. The molecule has 1 atom stereocenters. The van der Waals surface area contributed by atoms with Gasteiger partial charge < -0.3 is 14.4 Å². The number of hydrogen-bond acceptors (Lipinski definition) is 6. The van der Waals surface area contributed by atoms with Gasteiger partial charge in [0.25, 0.3) is 5.91 Å². The molecule has 0 spiro atoms. The summed E-state index contributed by atoms with van der Waals surface area (Å²) in [6.07, 6.45) is -0.906. The average Bonchev–Trinajstić information content (AvgIpc) is 3.17. The van der Waals surface area contributed by atoms with Crippen LogP contribution in [-0.2, 0) is 16.1 Å². The number of thiazole rings is 1. The molecule has 150 valence electrons. The maximum absolute atomic E-state index is 12.5. The summed E-state index contributed by atoms with van der Waals surface area (Å²) in [5.41, 5.74) is 1.95. The summed E-state index contributed by atoms with van der Waals surface area (Å²) >= 11 is 1.57. The van der Waals surface area contributed by atoms with Crippen LogP contribution in [0.5, 0.6) is 5.75 Å². The fourth-order valence-electron chi connectivity index (χ4n) is 2.65. The summed E-state index contributed by atoms with van der Waals surface area (Å²) < 4.78 is 11.0. The maximum atomic E-state index is 12.5. The number of hydrogen-bond donors (Lipinski definition) is 0. The van der Waals surface area contributed by atoms with Crippen LogP contribution < -0.4 is 9.64 Å². The summed E-state index contributed by atoms with van der Waals surface area (Å²) in [4.78, 5) is 30.7. The van der Waals surface area contributed by atoms with Gasteiger partial charge in [-0.25, -0.2) is 9.78 Å². The van der Waals surface area contributed by atoms with Crippen LogP contribution >= 0.6 is 11.3 Å². The number of esters is 1. The Balaban J connectivity index is 1.55. The first-order valence-corrected chi connectivity index (χ1v) is 9.99. The van der Waals surface area contributed by atoms with E-state index >= 15 is 0 Å². The molecule has 0 saturated heterocycles. The van der Waals surface area contributed by atoms with Gasteiger partial charge in [-0.2, -0.15) is 0 Å². The highest BCUT2D eigenvalue weighted by atomic mass is 32.1. The number of anilines is 1. The van der Waals surface area contributed by atoms with Gasteiger partial charge in [-0.15, -0.1) is 11.3 Å². The minimum absolute atomic E-state index is 0.303. The highest BCUT2D eigenvalue weighted by Gasteiger charge is 2.23. The van der Waals surface area contributed by atoms with Crippen molar-refractivity contribution >= 4 is 28.9 Å². The van der Waals surface area contributed by atoms with E-state index in [1.165, 1.54) is 4.90 Å². The highest BCUT2D eigenvalue weighted by molar-refractivity contribution is 7.09. The third-order valence-corrected chi connectivity index (χ3v) is 5.07. The van der Waals surface area contributed by atoms with Crippen molar-refractivity contribution in [2.75, 3.05) is 11.9 Å². The Kier molecular flexibility index (Phi) is 6.61. The van der Waals surface area contributed by atoms with Crippen molar-refractivity contribution in [3.63, 3.8) is 0 Å². The number of carbonyl (C=O) groups is 2. The minimum Gasteiger partial charge on any atom is -0.487 e. The molecular weight excluding hydrogens is 388 g/mol. The van der Waals surface area contributed by atoms with Crippen molar-refractivity contribution < 1.29 is 19.1 Å². The number of carbonyl (C=O) groups excluding carboxylic acids is 2. The number of rotatable bonds is 7. The van der Waals surface area contributed by atoms with E-state index in [1.54, 1.807) is 49.6 Å². The second-order valence-corrected chi connectivity index (χ2v) is 7.51. The summed E-state index contributed by atoms with van der Waals surface area (Å²) in [6.45, 7) is 3.87. The molecule has 6 nitrogen and oxygen atoms in total. The van der Waals surface area contributed by atoms with Crippen molar-refractivity contribution in [3.8, 4) is 5.75 Å². The van der Waals surface area contributed by atoms with Crippen LogP contribution in [0.1, 0.15) is 28.0 Å². The molecule has 0 aliphatic carbocycles. The molecular formula is C22H22N2O4S. The number of para-hydroxylation sites is 1.